The molecule has 1 N–H and O–H groups in total. The second-order valence-corrected chi connectivity index (χ2v) is 4.10. The van der Waals surface area contributed by atoms with Crippen LogP contribution in [0.4, 0.5) is 0 Å². The average molecular weight is 218 g/mol. The Morgan fingerprint density at radius 2 is 2.44 bits per heavy atom. The Kier molecular flexibility index (Phi) is 2.29. The molecule has 4 heteroatoms. The van der Waals surface area contributed by atoms with Gasteiger partial charge >= 0.3 is 0 Å². The summed E-state index contributed by atoms with van der Waals surface area (Å²) in [6.45, 7) is 3.81. The van der Waals surface area contributed by atoms with Gasteiger partial charge in [-0.15, -0.1) is 0 Å². The quantitative estimate of drug-likeness (QED) is 0.836. The van der Waals surface area contributed by atoms with E-state index in [9.17, 15) is 0 Å². The predicted molar refractivity (Wildman–Crippen MR) is 60.6 cm³/mol. The number of fused-ring (bicyclic) bond motifs is 1. The summed E-state index contributed by atoms with van der Waals surface area (Å²) in [6.07, 6.45) is 1.34. The van der Waals surface area contributed by atoms with Crippen LogP contribution in [0.15, 0.2) is 22.6 Å². The first kappa shape index (κ1) is 9.66. The Morgan fingerprint density at radius 3 is 3.25 bits per heavy atom. The van der Waals surface area contributed by atoms with Gasteiger partial charge in [-0.05, 0) is 25.1 Å². The fourth-order valence-electron chi connectivity index (χ4n) is 2.01. The van der Waals surface area contributed by atoms with Gasteiger partial charge in [-0.25, -0.2) is 4.98 Å². The molecular weight excluding hydrogens is 204 g/mol. The minimum absolute atomic E-state index is 0.279. The highest BCUT2D eigenvalue weighted by Crippen LogP contribution is 2.23. The van der Waals surface area contributed by atoms with Crippen molar-refractivity contribution in [2.75, 3.05) is 13.1 Å². The minimum Gasteiger partial charge on any atom is -0.489 e. The molecule has 2 aromatic rings. The molecule has 0 spiro atoms. The van der Waals surface area contributed by atoms with Gasteiger partial charge in [0, 0.05) is 19.5 Å². The third-order valence-electron chi connectivity index (χ3n) is 2.78. The lowest BCUT2D eigenvalue weighted by Gasteiger charge is -2.11. The van der Waals surface area contributed by atoms with Gasteiger partial charge in [0.05, 0.1) is 0 Å². The predicted octanol–water partition coefficient (Wildman–Crippen LogP) is 1.88. The molecule has 1 saturated heterocycles. The molecule has 1 atom stereocenters. The van der Waals surface area contributed by atoms with Gasteiger partial charge in [-0.1, -0.05) is 0 Å². The normalized spacial score (nSPS) is 20.4. The molecule has 1 fully saturated rings. The van der Waals surface area contributed by atoms with Crippen LogP contribution in [0.3, 0.4) is 0 Å². The van der Waals surface area contributed by atoms with Gasteiger partial charge in [0.25, 0.3) is 0 Å². The third kappa shape index (κ3) is 1.76. The van der Waals surface area contributed by atoms with Gasteiger partial charge in [-0.3, -0.25) is 0 Å². The number of hydrogen-bond acceptors (Lipinski definition) is 4. The van der Waals surface area contributed by atoms with Crippen LogP contribution < -0.4 is 10.1 Å². The lowest BCUT2D eigenvalue weighted by atomic mass is 10.3. The summed E-state index contributed by atoms with van der Waals surface area (Å²) in [5.41, 5.74) is 1.68. The number of nitrogens with one attached hydrogen (secondary N) is 1. The average Bonchev–Trinajstić information content (AvgIpc) is 2.85. The van der Waals surface area contributed by atoms with Crippen LogP contribution in [-0.2, 0) is 0 Å². The van der Waals surface area contributed by atoms with Crippen LogP contribution in [0.5, 0.6) is 5.75 Å². The third-order valence-corrected chi connectivity index (χ3v) is 2.78. The zero-order valence-electron chi connectivity index (χ0n) is 9.19. The van der Waals surface area contributed by atoms with Crippen molar-refractivity contribution >= 4 is 11.1 Å². The Balaban J connectivity index is 1.86. The van der Waals surface area contributed by atoms with E-state index in [-0.39, 0.29) is 6.10 Å². The van der Waals surface area contributed by atoms with E-state index in [4.69, 9.17) is 9.15 Å². The fourth-order valence-corrected chi connectivity index (χ4v) is 2.01. The number of hydrogen-bond donors (Lipinski definition) is 1. The maximum Gasteiger partial charge on any atom is 0.192 e. The molecule has 2 heterocycles. The first-order valence-corrected chi connectivity index (χ1v) is 5.56. The standard InChI is InChI=1S/C12H14N2O2/c1-8-14-11-3-2-9(6-12(11)15-8)16-10-4-5-13-7-10/h2-3,6,10,13H,4-5,7H2,1H3. The summed E-state index contributed by atoms with van der Waals surface area (Å²) < 4.78 is 11.3. The van der Waals surface area contributed by atoms with Gasteiger partial charge in [0.15, 0.2) is 11.5 Å². The molecule has 1 aromatic heterocycles. The molecular formula is C12H14N2O2. The topological polar surface area (TPSA) is 47.3 Å². The van der Waals surface area contributed by atoms with Crippen LogP contribution >= 0.6 is 0 Å². The van der Waals surface area contributed by atoms with E-state index in [0.29, 0.717) is 5.89 Å². The monoisotopic (exact) mass is 218 g/mol. The van der Waals surface area contributed by atoms with Crippen molar-refractivity contribution in [1.82, 2.24) is 10.3 Å². The number of rotatable bonds is 2. The molecule has 0 saturated carbocycles. The van der Waals surface area contributed by atoms with Gasteiger partial charge < -0.3 is 14.5 Å². The second-order valence-electron chi connectivity index (χ2n) is 4.10. The largest absolute Gasteiger partial charge is 0.489 e. The molecule has 0 bridgehead atoms. The van der Waals surface area contributed by atoms with Crippen molar-refractivity contribution in [3.63, 3.8) is 0 Å². The zero-order chi connectivity index (χ0) is 11.0. The first-order valence-electron chi connectivity index (χ1n) is 5.56. The summed E-state index contributed by atoms with van der Waals surface area (Å²) in [7, 11) is 0. The molecule has 1 unspecified atom stereocenters. The number of ether oxygens (including phenoxy) is 1. The van der Waals surface area contributed by atoms with Crippen molar-refractivity contribution in [1.29, 1.82) is 0 Å². The minimum atomic E-state index is 0.279. The highest BCUT2D eigenvalue weighted by Gasteiger charge is 2.16. The number of aryl methyl sites for hydroxylation is 1. The van der Waals surface area contributed by atoms with Gasteiger partial charge in [0.1, 0.15) is 17.4 Å². The highest BCUT2D eigenvalue weighted by atomic mass is 16.5. The molecule has 4 nitrogen and oxygen atoms in total. The second kappa shape index (κ2) is 3.79. The number of nitrogens with zero attached hydrogens (tertiary/aromatic N) is 1. The van der Waals surface area contributed by atoms with Crippen LogP contribution in [0, 0.1) is 6.92 Å². The summed E-state index contributed by atoms with van der Waals surface area (Å²) in [4.78, 5) is 4.25. The van der Waals surface area contributed by atoms with E-state index in [1.165, 1.54) is 0 Å². The molecule has 0 amide bonds. The van der Waals surface area contributed by atoms with Crippen molar-refractivity contribution in [3.8, 4) is 5.75 Å². The van der Waals surface area contributed by atoms with Crippen molar-refractivity contribution in [2.24, 2.45) is 0 Å². The van der Waals surface area contributed by atoms with E-state index in [1.807, 2.05) is 25.1 Å². The van der Waals surface area contributed by atoms with E-state index in [1.54, 1.807) is 0 Å². The van der Waals surface area contributed by atoms with Crippen LogP contribution in [0.25, 0.3) is 11.1 Å². The van der Waals surface area contributed by atoms with Crippen molar-refractivity contribution in [3.05, 3.63) is 24.1 Å². The van der Waals surface area contributed by atoms with Crippen LogP contribution in [0.2, 0.25) is 0 Å². The Labute approximate surface area is 93.6 Å². The van der Waals surface area contributed by atoms with Crippen molar-refractivity contribution in [2.45, 2.75) is 19.4 Å². The van der Waals surface area contributed by atoms with Crippen LogP contribution in [0.1, 0.15) is 12.3 Å². The molecule has 3 rings (SSSR count). The Bertz CT molecular complexity index is 501. The summed E-state index contributed by atoms with van der Waals surface area (Å²) >= 11 is 0. The molecule has 0 radical (unpaired) electrons. The lowest BCUT2D eigenvalue weighted by molar-refractivity contribution is 0.223. The fraction of sp³-hybridized carbons (Fsp3) is 0.417. The molecule has 84 valence electrons. The number of oxazole rings is 1. The van der Waals surface area contributed by atoms with E-state index in [0.717, 1.165) is 36.4 Å². The Hall–Kier alpha value is -1.55. The molecule has 0 aliphatic carbocycles. The maximum atomic E-state index is 5.84. The SMILES string of the molecule is Cc1nc2ccc(OC3CCNC3)cc2o1. The van der Waals surface area contributed by atoms with Gasteiger partial charge in [-0.2, -0.15) is 0 Å². The highest BCUT2D eigenvalue weighted by molar-refractivity contribution is 5.74. The molecule has 1 aliphatic rings. The maximum absolute atomic E-state index is 5.84. The van der Waals surface area contributed by atoms with Crippen molar-refractivity contribution < 1.29 is 9.15 Å². The number of benzene rings is 1. The molecule has 1 aromatic carbocycles. The summed E-state index contributed by atoms with van der Waals surface area (Å²) in [5, 5.41) is 3.27. The van der Waals surface area contributed by atoms with E-state index < -0.39 is 0 Å². The Morgan fingerprint density at radius 1 is 1.50 bits per heavy atom. The summed E-state index contributed by atoms with van der Waals surface area (Å²) in [6, 6.07) is 5.79. The summed E-state index contributed by atoms with van der Waals surface area (Å²) in [5.74, 6) is 1.55. The van der Waals surface area contributed by atoms with E-state index >= 15 is 0 Å². The van der Waals surface area contributed by atoms with Gasteiger partial charge in [0.2, 0.25) is 0 Å². The first-order chi connectivity index (χ1) is 7.81. The number of aromatic nitrogens is 1. The molecule has 1 aliphatic heterocycles. The van der Waals surface area contributed by atoms with Crippen LogP contribution in [-0.4, -0.2) is 24.2 Å². The van der Waals surface area contributed by atoms with E-state index in [2.05, 4.69) is 10.3 Å². The lowest BCUT2D eigenvalue weighted by Crippen LogP contribution is -2.19. The zero-order valence-corrected chi connectivity index (χ0v) is 9.19. The smallest absolute Gasteiger partial charge is 0.192 e. The molecule has 16 heavy (non-hydrogen) atoms.